The van der Waals surface area contributed by atoms with Crippen LogP contribution < -0.4 is 14.4 Å². The maximum atomic E-state index is 13.6. The lowest BCUT2D eigenvalue weighted by Gasteiger charge is -2.17. The molecule has 0 saturated heterocycles. The maximum Gasteiger partial charge on any atom is 0.307 e. The Hall–Kier alpha value is -3.87. The van der Waals surface area contributed by atoms with E-state index in [4.69, 9.17) is 14.6 Å². The number of carboxylic acid groups (broad SMARTS) is 1. The number of imide groups is 1. The van der Waals surface area contributed by atoms with Gasteiger partial charge >= 0.3 is 5.97 Å². The van der Waals surface area contributed by atoms with Crippen molar-refractivity contribution in [3.8, 4) is 11.5 Å². The molecule has 1 atom stereocenters. The molecule has 3 aromatic rings. The fraction of sp³-hybridized carbons (Fsp3) is 0.240. The molecular weight excluding hydrogens is 410 g/mol. The van der Waals surface area contributed by atoms with Crippen molar-refractivity contribution in [2.45, 2.75) is 32.8 Å². The normalized spacial score (nSPS) is 13.9. The van der Waals surface area contributed by atoms with Crippen LogP contribution >= 0.6 is 0 Å². The maximum absolute atomic E-state index is 13.6. The van der Waals surface area contributed by atoms with E-state index >= 15 is 0 Å². The Balaban J connectivity index is 1.87. The summed E-state index contributed by atoms with van der Waals surface area (Å²) in [6.45, 7) is 3.95. The summed E-state index contributed by atoms with van der Waals surface area (Å²) in [5.74, 6) is -1.07. The number of fused-ring (bicyclic) bond motifs is 3. The number of methoxy groups -OCH3 is 1. The van der Waals surface area contributed by atoms with Crippen molar-refractivity contribution in [3.63, 3.8) is 0 Å². The van der Waals surface area contributed by atoms with Crippen LogP contribution in [0.4, 0.5) is 5.69 Å². The number of hydrogen-bond acceptors (Lipinski definition) is 5. The van der Waals surface area contributed by atoms with Gasteiger partial charge in [0.1, 0.15) is 11.5 Å². The van der Waals surface area contributed by atoms with Gasteiger partial charge in [-0.15, -0.1) is 0 Å². The van der Waals surface area contributed by atoms with Crippen LogP contribution in [0.5, 0.6) is 11.5 Å². The largest absolute Gasteiger partial charge is 0.496 e. The number of carbonyl (C=O) groups is 3. The second-order valence-electron chi connectivity index (χ2n) is 7.70. The van der Waals surface area contributed by atoms with E-state index < -0.39 is 17.8 Å². The lowest BCUT2D eigenvalue weighted by molar-refractivity contribution is -0.136. The van der Waals surface area contributed by atoms with Crippen molar-refractivity contribution in [1.82, 2.24) is 0 Å². The molecule has 1 unspecified atom stereocenters. The number of carboxylic acids is 1. The van der Waals surface area contributed by atoms with E-state index in [1.54, 1.807) is 36.4 Å². The highest BCUT2D eigenvalue weighted by Gasteiger charge is 2.41. The molecule has 0 aliphatic carbocycles. The number of amides is 2. The fourth-order valence-electron chi connectivity index (χ4n) is 3.87. The molecule has 0 radical (unpaired) electrons. The topological polar surface area (TPSA) is 93.1 Å². The van der Waals surface area contributed by atoms with Crippen molar-refractivity contribution < 1.29 is 29.0 Å². The third-order valence-electron chi connectivity index (χ3n) is 5.60. The first kappa shape index (κ1) is 21.4. The SMILES string of the molecule is CCC(C)Oc1cccc2cc(OC)c3c(c12)C(=O)N(c1ccc(CC(=O)O)cc1)C3=O. The molecule has 3 aromatic carbocycles. The van der Waals surface area contributed by atoms with Gasteiger partial charge in [0.05, 0.1) is 36.4 Å². The van der Waals surface area contributed by atoms with Crippen LogP contribution in [0.25, 0.3) is 10.8 Å². The van der Waals surface area contributed by atoms with Crippen molar-refractivity contribution in [2.24, 2.45) is 0 Å². The number of nitrogens with zero attached hydrogens (tertiary/aromatic N) is 1. The molecule has 0 spiro atoms. The van der Waals surface area contributed by atoms with Crippen LogP contribution in [0.1, 0.15) is 46.5 Å². The zero-order valence-electron chi connectivity index (χ0n) is 18.0. The lowest BCUT2D eigenvalue weighted by Crippen LogP contribution is -2.29. The fourth-order valence-corrected chi connectivity index (χ4v) is 3.87. The van der Waals surface area contributed by atoms with Crippen LogP contribution in [0.15, 0.2) is 48.5 Å². The quantitative estimate of drug-likeness (QED) is 0.553. The summed E-state index contributed by atoms with van der Waals surface area (Å²) in [4.78, 5) is 39.0. The Morgan fingerprint density at radius 3 is 2.34 bits per heavy atom. The minimum Gasteiger partial charge on any atom is -0.496 e. The Labute approximate surface area is 185 Å². The molecule has 7 nitrogen and oxygen atoms in total. The molecular formula is C25H23NO6. The number of aliphatic carboxylic acids is 1. The molecule has 1 aliphatic heterocycles. The van der Waals surface area contributed by atoms with Crippen molar-refractivity contribution in [2.75, 3.05) is 12.0 Å². The van der Waals surface area contributed by atoms with Crippen LogP contribution in [-0.4, -0.2) is 36.1 Å². The summed E-state index contributed by atoms with van der Waals surface area (Å²) in [6.07, 6.45) is 0.580. The standard InChI is InChI=1S/C25H23NO6/c1-4-14(2)32-18-7-5-6-16-13-19(31-3)22-23(21(16)18)25(30)26(24(22)29)17-10-8-15(9-11-17)12-20(27)28/h5-11,13-14H,4,12H2,1-3H3,(H,27,28). The van der Waals surface area contributed by atoms with Gasteiger partial charge in [0.2, 0.25) is 0 Å². The minimum absolute atomic E-state index is 0.0663. The first-order chi connectivity index (χ1) is 15.3. The molecule has 1 heterocycles. The van der Waals surface area contributed by atoms with Gasteiger partial charge in [0.25, 0.3) is 11.8 Å². The molecule has 4 rings (SSSR count). The van der Waals surface area contributed by atoms with E-state index in [1.807, 2.05) is 26.0 Å². The van der Waals surface area contributed by atoms with E-state index in [2.05, 4.69) is 0 Å². The zero-order chi connectivity index (χ0) is 23.0. The van der Waals surface area contributed by atoms with E-state index in [1.165, 1.54) is 7.11 Å². The van der Waals surface area contributed by atoms with Gasteiger partial charge < -0.3 is 14.6 Å². The van der Waals surface area contributed by atoms with Gasteiger partial charge in [0.15, 0.2) is 0 Å². The number of anilines is 1. The average Bonchev–Trinajstić information content (AvgIpc) is 3.04. The number of carbonyl (C=O) groups excluding carboxylic acids is 2. The zero-order valence-corrected chi connectivity index (χ0v) is 18.0. The highest BCUT2D eigenvalue weighted by molar-refractivity contribution is 6.39. The van der Waals surface area contributed by atoms with Crippen molar-refractivity contribution in [1.29, 1.82) is 0 Å². The Morgan fingerprint density at radius 1 is 1.03 bits per heavy atom. The van der Waals surface area contributed by atoms with Gasteiger partial charge in [-0.05, 0) is 48.6 Å². The number of benzene rings is 3. The number of hydrogen-bond donors (Lipinski definition) is 1. The molecule has 0 saturated carbocycles. The average molecular weight is 433 g/mol. The number of rotatable bonds is 7. The predicted molar refractivity (Wildman–Crippen MR) is 120 cm³/mol. The van der Waals surface area contributed by atoms with E-state index in [9.17, 15) is 14.4 Å². The lowest BCUT2D eigenvalue weighted by atomic mass is 9.98. The third-order valence-corrected chi connectivity index (χ3v) is 5.60. The Bertz CT molecular complexity index is 1230. The van der Waals surface area contributed by atoms with Gasteiger partial charge in [0, 0.05) is 5.39 Å². The summed E-state index contributed by atoms with van der Waals surface area (Å²) in [6, 6.07) is 13.6. The number of ether oxygens (including phenoxy) is 2. The van der Waals surface area contributed by atoms with Crippen LogP contribution in [-0.2, 0) is 11.2 Å². The molecule has 0 aromatic heterocycles. The molecule has 1 aliphatic rings. The molecule has 164 valence electrons. The highest BCUT2D eigenvalue weighted by atomic mass is 16.5. The van der Waals surface area contributed by atoms with Gasteiger partial charge in [-0.2, -0.15) is 0 Å². The highest BCUT2D eigenvalue weighted by Crippen LogP contribution is 2.42. The van der Waals surface area contributed by atoms with Crippen molar-refractivity contribution in [3.05, 3.63) is 65.2 Å². The summed E-state index contributed by atoms with van der Waals surface area (Å²) in [7, 11) is 1.46. The molecule has 2 amide bonds. The van der Waals surface area contributed by atoms with Gasteiger partial charge in [-0.25, -0.2) is 4.90 Å². The van der Waals surface area contributed by atoms with Crippen LogP contribution in [0.2, 0.25) is 0 Å². The predicted octanol–water partition coefficient (Wildman–Crippen LogP) is 4.45. The summed E-state index contributed by atoms with van der Waals surface area (Å²) < 4.78 is 11.5. The second-order valence-corrected chi connectivity index (χ2v) is 7.70. The van der Waals surface area contributed by atoms with Crippen LogP contribution in [0.3, 0.4) is 0 Å². The smallest absolute Gasteiger partial charge is 0.307 e. The second kappa shape index (κ2) is 8.34. The van der Waals surface area contributed by atoms with Crippen LogP contribution in [0, 0.1) is 0 Å². The van der Waals surface area contributed by atoms with E-state index in [-0.39, 0.29) is 23.7 Å². The minimum atomic E-state index is -0.955. The first-order valence-corrected chi connectivity index (χ1v) is 10.4. The Kier molecular flexibility index (Phi) is 5.57. The molecule has 32 heavy (non-hydrogen) atoms. The third kappa shape index (κ3) is 3.56. The summed E-state index contributed by atoms with van der Waals surface area (Å²) in [5.41, 5.74) is 1.38. The monoisotopic (exact) mass is 433 g/mol. The molecule has 0 fully saturated rings. The molecule has 0 bridgehead atoms. The molecule has 1 N–H and O–H groups in total. The molecule has 7 heteroatoms. The Morgan fingerprint density at radius 2 is 1.72 bits per heavy atom. The van der Waals surface area contributed by atoms with Gasteiger partial charge in [-0.1, -0.05) is 31.2 Å². The summed E-state index contributed by atoms with van der Waals surface area (Å²) >= 11 is 0. The van der Waals surface area contributed by atoms with Crippen molar-refractivity contribution >= 4 is 34.2 Å². The summed E-state index contributed by atoms with van der Waals surface area (Å²) in [5, 5.41) is 10.3. The van der Waals surface area contributed by atoms with E-state index in [0.29, 0.717) is 28.1 Å². The van der Waals surface area contributed by atoms with Gasteiger partial charge in [-0.3, -0.25) is 14.4 Å². The van der Waals surface area contributed by atoms with E-state index in [0.717, 1.165) is 16.7 Å². The first-order valence-electron chi connectivity index (χ1n) is 10.4.